The first-order valence-electron chi connectivity index (χ1n) is 5.19. The average molecular weight is 255 g/mol. The molecule has 0 bridgehead atoms. The zero-order valence-electron chi connectivity index (χ0n) is 9.39. The lowest BCUT2D eigenvalue weighted by atomic mass is 10.1. The number of hydrogen-bond donors (Lipinski definition) is 1. The van der Waals surface area contributed by atoms with Gasteiger partial charge in [-0.3, -0.25) is 4.79 Å². The number of carbonyl (C=O) groups excluding carboxylic acids is 1. The normalized spacial score (nSPS) is 16.8. The summed E-state index contributed by atoms with van der Waals surface area (Å²) in [5.74, 6) is -0.298. The molecule has 6 heteroatoms. The van der Waals surface area contributed by atoms with Gasteiger partial charge in [0.1, 0.15) is 0 Å². The molecule has 0 amide bonds. The zero-order valence-corrected chi connectivity index (χ0v) is 10.2. The Morgan fingerprint density at radius 3 is 2.94 bits per heavy atom. The van der Waals surface area contributed by atoms with E-state index in [2.05, 4.69) is 10.1 Å². The quantitative estimate of drug-likeness (QED) is 0.783. The molecule has 0 saturated heterocycles. The van der Waals surface area contributed by atoms with E-state index in [-0.39, 0.29) is 23.0 Å². The molecule has 1 aromatic rings. The third-order valence-electron chi connectivity index (χ3n) is 2.64. The first-order chi connectivity index (χ1) is 8.03. The Labute approximate surface area is 99.7 Å². The predicted molar refractivity (Wildman–Crippen MR) is 62.7 cm³/mol. The molecule has 0 atom stereocenters. The summed E-state index contributed by atoms with van der Waals surface area (Å²) in [7, 11) is -1.92. The van der Waals surface area contributed by atoms with Gasteiger partial charge in [-0.1, -0.05) is 6.07 Å². The Morgan fingerprint density at radius 1 is 1.47 bits per heavy atom. The predicted octanol–water partition coefficient (Wildman–Crippen LogP) is 0.601. The van der Waals surface area contributed by atoms with E-state index >= 15 is 0 Å². The van der Waals surface area contributed by atoms with Crippen LogP contribution in [0.3, 0.4) is 0 Å². The Kier molecular flexibility index (Phi) is 3.06. The Morgan fingerprint density at radius 2 is 2.24 bits per heavy atom. The lowest BCUT2D eigenvalue weighted by Gasteiger charge is -2.18. The molecule has 5 nitrogen and oxygen atoms in total. The van der Waals surface area contributed by atoms with Crippen LogP contribution in [-0.2, 0) is 25.8 Å². The topological polar surface area (TPSA) is 72.5 Å². The lowest BCUT2D eigenvalue weighted by Crippen LogP contribution is -2.23. The number of nitrogens with one attached hydrogen (secondary N) is 1. The second-order valence-corrected chi connectivity index (χ2v) is 5.91. The zero-order chi connectivity index (χ0) is 12.5. The van der Waals surface area contributed by atoms with Crippen LogP contribution in [0.15, 0.2) is 23.1 Å². The van der Waals surface area contributed by atoms with Crippen molar-refractivity contribution in [2.75, 3.05) is 24.7 Å². The number of benzene rings is 1. The van der Waals surface area contributed by atoms with Crippen molar-refractivity contribution in [2.24, 2.45) is 0 Å². The molecular formula is C11H13NO4S. The molecule has 0 spiro atoms. The molecule has 1 aliphatic heterocycles. The fraction of sp³-hybridized carbons (Fsp3) is 0.364. The van der Waals surface area contributed by atoms with Gasteiger partial charge in [0.25, 0.3) is 0 Å². The van der Waals surface area contributed by atoms with E-state index in [4.69, 9.17) is 0 Å². The van der Waals surface area contributed by atoms with Crippen molar-refractivity contribution in [2.45, 2.75) is 11.3 Å². The molecule has 0 aliphatic carbocycles. The minimum absolute atomic E-state index is 0.0826. The van der Waals surface area contributed by atoms with E-state index in [1.807, 2.05) is 0 Å². The molecule has 17 heavy (non-hydrogen) atoms. The van der Waals surface area contributed by atoms with Gasteiger partial charge in [-0.2, -0.15) is 0 Å². The number of esters is 1. The van der Waals surface area contributed by atoms with Crippen molar-refractivity contribution in [1.29, 1.82) is 0 Å². The van der Waals surface area contributed by atoms with Crippen LogP contribution in [0, 0.1) is 0 Å². The minimum Gasteiger partial charge on any atom is -0.469 e. The van der Waals surface area contributed by atoms with Crippen LogP contribution in [-0.4, -0.2) is 33.8 Å². The fourth-order valence-corrected chi connectivity index (χ4v) is 3.15. The highest BCUT2D eigenvalue weighted by atomic mass is 32.2. The van der Waals surface area contributed by atoms with Crippen molar-refractivity contribution in [1.82, 2.24) is 0 Å². The van der Waals surface area contributed by atoms with Crippen molar-refractivity contribution >= 4 is 21.5 Å². The molecule has 1 aliphatic rings. The highest BCUT2D eigenvalue weighted by molar-refractivity contribution is 7.91. The third-order valence-corrected chi connectivity index (χ3v) is 4.39. The third kappa shape index (κ3) is 2.41. The smallest absolute Gasteiger partial charge is 0.309 e. The van der Waals surface area contributed by atoms with Gasteiger partial charge in [-0.15, -0.1) is 0 Å². The van der Waals surface area contributed by atoms with Crippen LogP contribution in [0.1, 0.15) is 5.56 Å². The number of methoxy groups -OCH3 is 1. The maximum absolute atomic E-state index is 11.8. The molecule has 0 unspecified atom stereocenters. The van der Waals surface area contributed by atoms with Crippen LogP contribution in [0.25, 0.3) is 0 Å². The fourth-order valence-electron chi connectivity index (χ4n) is 1.75. The first kappa shape index (κ1) is 11.9. The van der Waals surface area contributed by atoms with E-state index in [9.17, 15) is 13.2 Å². The van der Waals surface area contributed by atoms with Crippen molar-refractivity contribution in [3.63, 3.8) is 0 Å². The SMILES string of the molecule is COC(=O)Cc1ccc2c(c1)S(=O)(=O)CCN2. The summed E-state index contributed by atoms with van der Waals surface area (Å²) >= 11 is 0. The lowest BCUT2D eigenvalue weighted by molar-refractivity contribution is -0.139. The maximum Gasteiger partial charge on any atom is 0.309 e. The molecule has 0 fully saturated rings. The van der Waals surface area contributed by atoms with Gasteiger partial charge in [-0.05, 0) is 17.7 Å². The average Bonchev–Trinajstić information content (AvgIpc) is 2.29. The molecule has 0 aromatic heterocycles. The maximum atomic E-state index is 11.8. The number of hydrogen-bond acceptors (Lipinski definition) is 5. The van der Waals surface area contributed by atoms with E-state index < -0.39 is 9.84 Å². The van der Waals surface area contributed by atoms with Crippen molar-refractivity contribution in [3.05, 3.63) is 23.8 Å². The summed E-state index contributed by atoms with van der Waals surface area (Å²) in [5.41, 5.74) is 1.24. The minimum atomic E-state index is -3.22. The largest absolute Gasteiger partial charge is 0.469 e. The molecule has 2 rings (SSSR count). The standard InChI is InChI=1S/C11H13NO4S/c1-16-11(13)7-8-2-3-9-10(6-8)17(14,15)5-4-12-9/h2-3,6,12H,4-5,7H2,1H3. The Bertz CT molecular complexity index is 551. The van der Waals surface area contributed by atoms with Gasteiger partial charge in [0.05, 0.1) is 29.9 Å². The summed E-state index contributed by atoms with van der Waals surface area (Å²) < 4.78 is 28.2. The summed E-state index contributed by atoms with van der Waals surface area (Å²) in [6, 6.07) is 4.95. The number of fused-ring (bicyclic) bond motifs is 1. The molecule has 1 aromatic carbocycles. The monoisotopic (exact) mass is 255 g/mol. The second-order valence-electron chi connectivity index (χ2n) is 3.83. The first-order valence-corrected chi connectivity index (χ1v) is 6.84. The van der Waals surface area contributed by atoms with Crippen LogP contribution in [0.2, 0.25) is 0 Å². The van der Waals surface area contributed by atoms with Gasteiger partial charge in [0.2, 0.25) is 0 Å². The van der Waals surface area contributed by atoms with Crippen LogP contribution >= 0.6 is 0 Å². The van der Waals surface area contributed by atoms with Crippen molar-refractivity contribution < 1.29 is 17.9 Å². The molecule has 1 N–H and O–H groups in total. The number of rotatable bonds is 2. The highest BCUT2D eigenvalue weighted by Gasteiger charge is 2.23. The molecule has 1 heterocycles. The summed E-state index contributed by atoms with van der Waals surface area (Å²) in [6.07, 6.45) is 0.0826. The van der Waals surface area contributed by atoms with Crippen LogP contribution < -0.4 is 5.32 Å². The number of carbonyl (C=O) groups is 1. The van der Waals surface area contributed by atoms with Crippen LogP contribution in [0.5, 0.6) is 0 Å². The molecular weight excluding hydrogens is 242 g/mol. The number of anilines is 1. The Hall–Kier alpha value is -1.56. The van der Waals surface area contributed by atoms with Gasteiger partial charge in [-0.25, -0.2) is 8.42 Å². The van der Waals surface area contributed by atoms with E-state index in [0.29, 0.717) is 17.8 Å². The molecule has 0 radical (unpaired) electrons. The van der Waals surface area contributed by atoms with Gasteiger partial charge in [0.15, 0.2) is 9.84 Å². The molecule has 0 saturated carbocycles. The summed E-state index contributed by atoms with van der Waals surface area (Å²) in [5, 5.41) is 3.02. The molecule has 92 valence electrons. The van der Waals surface area contributed by atoms with Gasteiger partial charge < -0.3 is 10.1 Å². The number of ether oxygens (including phenoxy) is 1. The van der Waals surface area contributed by atoms with Crippen LogP contribution in [0.4, 0.5) is 5.69 Å². The summed E-state index contributed by atoms with van der Waals surface area (Å²) in [4.78, 5) is 11.4. The van der Waals surface area contributed by atoms with E-state index in [0.717, 1.165) is 0 Å². The van der Waals surface area contributed by atoms with E-state index in [1.54, 1.807) is 12.1 Å². The summed E-state index contributed by atoms with van der Waals surface area (Å²) in [6.45, 7) is 0.422. The van der Waals surface area contributed by atoms with Gasteiger partial charge >= 0.3 is 5.97 Å². The van der Waals surface area contributed by atoms with Gasteiger partial charge in [0, 0.05) is 6.54 Å². The van der Waals surface area contributed by atoms with Crippen molar-refractivity contribution in [3.8, 4) is 0 Å². The van der Waals surface area contributed by atoms with E-state index in [1.165, 1.54) is 13.2 Å². The Balaban J connectivity index is 2.39. The number of sulfone groups is 1. The highest BCUT2D eigenvalue weighted by Crippen LogP contribution is 2.27. The second kappa shape index (κ2) is 4.37.